The van der Waals surface area contributed by atoms with Crippen LogP contribution in [0.2, 0.25) is 0 Å². The smallest absolute Gasteiger partial charge is 0.314 e. The number of ether oxygens (including phenoxy) is 1. The van der Waals surface area contributed by atoms with Crippen LogP contribution >= 0.6 is 0 Å². The maximum absolute atomic E-state index is 11.5. The fourth-order valence-electron chi connectivity index (χ4n) is 1.67. The molecule has 1 unspecified atom stereocenters. The number of nitrogens with zero attached hydrogens (tertiary/aromatic N) is 1. The molecule has 0 N–H and O–H groups in total. The van der Waals surface area contributed by atoms with Crippen molar-refractivity contribution in [2.45, 2.75) is 32.2 Å². The lowest BCUT2D eigenvalue weighted by atomic mass is 9.94. The van der Waals surface area contributed by atoms with Gasteiger partial charge in [0.25, 0.3) is 0 Å². The molecule has 1 aliphatic heterocycles. The molecule has 1 aliphatic rings. The van der Waals surface area contributed by atoms with Gasteiger partial charge >= 0.3 is 5.97 Å². The first-order valence-corrected chi connectivity index (χ1v) is 5.49. The molecule has 3 nitrogen and oxygen atoms in total. The van der Waals surface area contributed by atoms with Crippen molar-refractivity contribution in [2.24, 2.45) is 4.99 Å². The highest BCUT2D eigenvalue weighted by molar-refractivity contribution is 6.02. The molecular weight excluding hydrogens is 202 g/mol. The van der Waals surface area contributed by atoms with Gasteiger partial charge in [-0.2, -0.15) is 0 Å². The summed E-state index contributed by atoms with van der Waals surface area (Å²) in [4.78, 5) is 16.0. The highest BCUT2D eigenvalue weighted by atomic mass is 16.5. The molecule has 1 aromatic rings. The maximum Gasteiger partial charge on any atom is 0.314 e. The maximum atomic E-state index is 11.5. The van der Waals surface area contributed by atoms with E-state index in [9.17, 15) is 4.79 Å². The largest absolute Gasteiger partial charge is 0.407 e. The Morgan fingerprint density at radius 2 is 2.06 bits per heavy atom. The van der Waals surface area contributed by atoms with E-state index >= 15 is 0 Å². The lowest BCUT2D eigenvalue weighted by Gasteiger charge is -2.28. The fourth-order valence-corrected chi connectivity index (χ4v) is 1.67. The minimum Gasteiger partial charge on any atom is -0.407 e. The van der Waals surface area contributed by atoms with Crippen molar-refractivity contribution in [1.29, 1.82) is 0 Å². The lowest BCUT2D eigenvalue weighted by molar-refractivity contribution is -0.137. The van der Waals surface area contributed by atoms with Crippen molar-refractivity contribution in [3.63, 3.8) is 0 Å². The highest BCUT2D eigenvalue weighted by Crippen LogP contribution is 2.26. The molecule has 0 saturated heterocycles. The molecule has 3 heteroatoms. The zero-order valence-corrected chi connectivity index (χ0v) is 9.56. The van der Waals surface area contributed by atoms with E-state index in [4.69, 9.17) is 4.74 Å². The van der Waals surface area contributed by atoms with E-state index in [1.54, 1.807) is 0 Å². The van der Waals surface area contributed by atoms with Crippen molar-refractivity contribution in [1.82, 2.24) is 0 Å². The summed E-state index contributed by atoms with van der Waals surface area (Å²) in [5.74, 6) is 0.249. The average Bonchev–Trinajstić information content (AvgIpc) is 2.29. The molecule has 0 aliphatic carbocycles. The van der Waals surface area contributed by atoms with E-state index in [1.165, 1.54) is 0 Å². The number of hydrogen-bond acceptors (Lipinski definition) is 3. The van der Waals surface area contributed by atoms with Gasteiger partial charge in [0.15, 0.2) is 0 Å². The molecule has 0 spiro atoms. The molecule has 0 radical (unpaired) electrons. The number of carbonyl (C=O) groups is 1. The van der Waals surface area contributed by atoms with Crippen molar-refractivity contribution < 1.29 is 9.53 Å². The first kappa shape index (κ1) is 10.9. The van der Waals surface area contributed by atoms with Crippen LogP contribution in [0.3, 0.4) is 0 Å². The topological polar surface area (TPSA) is 38.7 Å². The second kappa shape index (κ2) is 4.08. The third-order valence-corrected chi connectivity index (χ3v) is 2.89. The molecule has 1 aromatic carbocycles. The Kier molecular flexibility index (Phi) is 2.77. The monoisotopic (exact) mass is 217 g/mol. The van der Waals surface area contributed by atoms with Crippen molar-refractivity contribution in [3.8, 4) is 0 Å². The van der Waals surface area contributed by atoms with Gasteiger partial charge in [-0.15, -0.1) is 0 Å². The molecule has 2 rings (SSSR count). The summed E-state index contributed by atoms with van der Waals surface area (Å²) in [5.41, 5.74) is 0.538. The SMILES string of the molecule is CCC1(C)CC(=O)OC(c2ccccc2)=N1. The second-order valence-corrected chi connectivity index (χ2v) is 4.28. The van der Waals surface area contributed by atoms with Gasteiger partial charge in [-0.1, -0.05) is 25.1 Å². The molecule has 0 fully saturated rings. The number of rotatable bonds is 2. The van der Waals surface area contributed by atoms with Crippen LogP contribution in [0, 0.1) is 0 Å². The van der Waals surface area contributed by atoms with Crippen LogP contribution in [0.1, 0.15) is 32.3 Å². The predicted molar refractivity (Wildman–Crippen MR) is 62.4 cm³/mol. The van der Waals surface area contributed by atoms with Crippen molar-refractivity contribution in [2.75, 3.05) is 0 Å². The summed E-state index contributed by atoms with van der Waals surface area (Å²) in [6.07, 6.45) is 1.19. The Hall–Kier alpha value is -1.64. The quantitative estimate of drug-likeness (QED) is 0.714. The van der Waals surface area contributed by atoms with Gasteiger partial charge in [-0.05, 0) is 25.5 Å². The molecule has 0 saturated carbocycles. The Morgan fingerprint density at radius 1 is 1.38 bits per heavy atom. The van der Waals surface area contributed by atoms with Gasteiger partial charge in [-0.3, -0.25) is 4.79 Å². The van der Waals surface area contributed by atoms with Gasteiger partial charge in [0.2, 0.25) is 5.90 Å². The highest BCUT2D eigenvalue weighted by Gasteiger charge is 2.32. The standard InChI is InChI=1S/C13H15NO2/c1-3-13(2)9-11(15)16-12(14-13)10-7-5-4-6-8-10/h4-8H,3,9H2,1-2H3. The Morgan fingerprint density at radius 3 is 2.69 bits per heavy atom. The third kappa shape index (κ3) is 2.13. The molecule has 0 aromatic heterocycles. The van der Waals surface area contributed by atoms with Crippen LogP contribution < -0.4 is 0 Å². The first-order chi connectivity index (χ1) is 7.63. The molecule has 0 bridgehead atoms. The summed E-state index contributed by atoms with van der Waals surface area (Å²) in [6, 6.07) is 9.53. The number of esters is 1. The molecule has 1 atom stereocenters. The van der Waals surface area contributed by atoms with Crippen LogP contribution in [-0.4, -0.2) is 17.4 Å². The normalized spacial score (nSPS) is 24.9. The van der Waals surface area contributed by atoms with E-state index < -0.39 is 0 Å². The summed E-state index contributed by atoms with van der Waals surface area (Å²) in [6.45, 7) is 4.01. The van der Waals surface area contributed by atoms with Crippen molar-refractivity contribution >= 4 is 11.9 Å². The molecule has 0 amide bonds. The third-order valence-electron chi connectivity index (χ3n) is 2.89. The summed E-state index contributed by atoms with van der Waals surface area (Å²) < 4.78 is 5.18. The van der Waals surface area contributed by atoms with Crippen LogP contribution in [0.25, 0.3) is 0 Å². The second-order valence-electron chi connectivity index (χ2n) is 4.28. The van der Waals surface area contributed by atoms with Crippen LogP contribution in [0.5, 0.6) is 0 Å². The number of cyclic esters (lactones) is 1. The minimum absolute atomic E-state index is 0.196. The molecular formula is C13H15NO2. The van der Waals surface area contributed by atoms with Crippen LogP contribution in [-0.2, 0) is 9.53 Å². The number of carbonyl (C=O) groups excluding carboxylic acids is 1. The number of hydrogen-bond donors (Lipinski definition) is 0. The Bertz CT molecular complexity index is 425. The van der Waals surface area contributed by atoms with Crippen LogP contribution in [0.4, 0.5) is 0 Å². The van der Waals surface area contributed by atoms with Gasteiger partial charge in [0.05, 0.1) is 12.0 Å². The van der Waals surface area contributed by atoms with Gasteiger partial charge in [0, 0.05) is 5.56 Å². The molecule has 1 heterocycles. The minimum atomic E-state index is -0.319. The summed E-state index contributed by atoms with van der Waals surface area (Å²) in [5, 5.41) is 0. The molecule has 16 heavy (non-hydrogen) atoms. The van der Waals surface area contributed by atoms with E-state index in [2.05, 4.69) is 4.99 Å². The van der Waals surface area contributed by atoms with E-state index in [0.29, 0.717) is 12.3 Å². The average molecular weight is 217 g/mol. The lowest BCUT2D eigenvalue weighted by Crippen LogP contribution is -2.34. The van der Waals surface area contributed by atoms with E-state index in [-0.39, 0.29) is 11.5 Å². The van der Waals surface area contributed by atoms with Crippen molar-refractivity contribution in [3.05, 3.63) is 35.9 Å². The van der Waals surface area contributed by atoms with Crippen LogP contribution in [0.15, 0.2) is 35.3 Å². The summed E-state index contributed by atoms with van der Waals surface area (Å²) in [7, 11) is 0. The molecule has 84 valence electrons. The van der Waals surface area contributed by atoms with Gasteiger partial charge in [-0.25, -0.2) is 4.99 Å². The van der Waals surface area contributed by atoms with E-state index in [1.807, 2.05) is 44.2 Å². The Labute approximate surface area is 95.2 Å². The zero-order chi connectivity index (χ0) is 11.6. The van der Waals surface area contributed by atoms with E-state index in [0.717, 1.165) is 12.0 Å². The van der Waals surface area contributed by atoms with Gasteiger partial charge < -0.3 is 4.74 Å². The number of aliphatic imine (C=N–C) groups is 1. The number of benzene rings is 1. The Balaban J connectivity index is 2.38. The zero-order valence-electron chi connectivity index (χ0n) is 9.56. The van der Waals surface area contributed by atoms with Gasteiger partial charge in [0.1, 0.15) is 0 Å². The predicted octanol–water partition coefficient (Wildman–Crippen LogP) is 2.55. The fraction of sp³-hybridized carbons (Fsp3) is 0.385. The summed E-state index contributed by atoms with van der Waals surface area (Å²) >= 11 is 0. The first-order valence-electron chi connectivity index (χ1n) is 5.49.